The van der Waals surface area contributed by atoms with Crippen LogP contribution in [0.5, 0.6) is 0 Å². The second-order valence-electron chi connectivity index (χ2n) is 6.84. The van der Waals surface area contributed by atoms with Gasteiger partial charge in [-0.05, 0) is 37.1 Å². The largest absolute Gasteiger partial charge is 0.444 e. The fraction of sp³-hybridized carbons (Fsp3) is 0.333. The van der Waals surface area contributed by atoms with Crippen LogP contribution in [0.2, 0.25) is 0 Å². The third kappa shape index (κ3) is 4.94. The number of ether oxygens (including phenoxy) is 1. The van der Waals surface area contributed by atoms with Crippen LogP contribution in [0.25, 0.3) is 0 Å². The summed E-state index contributed by atoms with van der Waals surface area (Å²) in [6.07, 6.45) is 3.88. The smallest absolute Gasteiger partial charge is 0.339 e. The van der Waals surface area contributed by atoms with Gasteiger partial charge in [-0.25, -0.2) is 4.79 Å². The Morgan fingerprint density at radius 2 is 1.64 bits per heavy atom. The summed E-state index contributed by atoms with van der Waals surface area (Å²) in [5, 5.41) is 13.8. The molecule has 2 aromatic carbocycles. The molecule has 1 amide bonds. The predicted octanol–water partition coefficient (Wildman–Crippen LogP) is 3.94. The number of amides is 1. The van der Waals surface area contributed by atoms with Crippen molar-refractivity contribution in [3.8, 4) is 0 Å². The van der Waals surface area contributed by atoms with Crippen molar-refractivity contribution < 1.29 is 19.2 Å². The summed E-state index contributed by atoms with van der Waals surface area (Å²) in [5.41, 5.74) is 0.632. The Hall–Kier alpha value is -3.22. The number of nitro groups is 1. The first-order valence-electron chi connectivity index (χ1n) is 9.35. The molecule has 1 aliphatic carbocycles. The standard InChI is InChI=1S/C21H22N2O5/c24-20(22-17-9-5-2-6-10-17)19(15-11-13-18(14-12-15)23(26)27)28-21(25)16-7-3-1-4-8-16/h1,3-4,7-8,11-14,17,19H,2,5-6,9-10H2,(H,22,24). The number of hydrogen-bond acceptors (Lipinski definition) is 5. The number of nitro benzene ring substituents is 1. The number of nitrogens with zero attached hydrogens (tertiary/aromatic N) is 1. The van der Waals surface area contributed by atoms with Crippen LogP contribution >= 0.6 is 0 Å². The molecular formula is C21H22N2O5. The SMILES string of the molecule is O=C(OC(C(=O)NC1CCCCC1)c1ccc([N+](=O)[O-])cc1)c1ccccc1. The molecule has 1 unspecified atom stereocenters. The summed E-state index contributed by atoms with van der Waals surface area (Å²) < 4.78 is 5.51. The van der Waals surface area contributed by atoms with E-state index in [0.29, 0.717) is 11.1 Å². The lowest BCUT2D eigenvalue weighted by atomic mass is 9.95. The molecule has 3 rings (SSSR count). The second-order valence-corrected chi connectivity index (χ2v) is 6.84. The minimum atomic E-state index is -1.17. The van der Waals surface area contributed by atoms with Gasteiger partial charge in [0.05, 0.1) is 10.5 Å². The molecule has 2 aromatic rings. The number of hydrogen-bond donors (Lipinski definition) is 1. The topological polar surface area (TPSA) is 98.5 Å². The van der Waals surface area contributed by atoms with E-state index < -0.39 is 22.9 Å². The van der Waals surface area contributed by atoms with Gasteiger partial charge in [-0.15, -0.1) is 0 Å². The van der Waals surface area contributed by atoms with Gasteiger partial charge in [-0.1, -0.05) is 37.5 Å². The summed E-state index contributed by atoms with van der Waals surface area (Å²) >= 11 is 0. The summed E-state index contributed by atoms with van der Waals surface area (Å²) in [6.45, 7) is 0. The minimum absolute atomic E-state index is 0.0530. The van der Waals surface area contributed by atoms with E-state index in [0.717, 1.165) is 32.1 Å². The number of nitrogens with one attached hydrogen (secondary N) is 1. The highest BCUT2D eigenvalue weighted by Gasteiger charge is 2.28. The Kier molecular flexibility index (Phi) is 6.37. The molecule has 1 aliphatic rings. The molecule has 1 saturated carbocycles. The molecule has 146 valence electrons. The monoisotopic (exact) mass is 382 g/mol. The maximum Gasteiger partial charge on any atom is 0.339 e. The number of carbonyl (C=O) groups is 2. The van der Waals surface area contributed by atoms with Crippen molar-refractivity contribution in [1.82, 2.24) is 5.32 Å². The van der Waals surface area contributed by atoms with Crippen LogP contribution in [0.15, 0.2) is 54.6 Å². The van der Waals surface area contributed by atoms with Gasteiger partial charge in [0.1, 0.15) is 0 Å². The van der Waals surface area contributed by atoms with Gasteiger partial charge in [-0.2, -0.15) is 0 Å². The third-order valence-electron chi connectivity index (χ3n) is 4.83. The van der Waals surface area contributed by atoms with Gasteiger partial charge >= 0.3 is 5.97 Å². The van der Waals surface area contributed by atoms with Gasteiger partial charge < -0.3 is 10.1 Å². The lowest BCUT2D eigenvalue weighted by Crippen LogP contribution is -2.40. The fourth-order valence-electron chi connectivity index (χ4n) is 3.32. The van der Waals surface area contributed by atoms with Gasteiger partial charge in [0.25, 0.3) is 11.6 Å². The molecular weight excluding hydrogens is 360 g/mol. The molecule has 0 heterocycles. The molecule has 0 spiro atoms. The molecule has 0 radical (unpaired) electrons. The normalized spacial score (nSPS) is 15.4. The Morgan fingerprint density at radius 1 is 1.00 bits per heavy atom. The number of benzene rings is 2. The molecule has 0 aliphatic heterocycles. The molecule has 0 aromatic heterocycles. The Balaban J connectivity index is 1.81. The van der Waals surface area contributed by atoms with Crippen molar-refractivity contribution >= 4 is 17.6 Å². The zero-order valence-electron chi connectivity index (χ0n) is 15.4. The first-order chi connectivity index (χ1) is 13.5. The molecule has 1 atom stereocenters. The van der Waals surface area contributed by atoms with Crippen molar-refractivity contribution in [2.45, 2.75) is 44.2 Å². The van der Waals surface area contributed by atoms with E-state index in [9.17, 15) is 19.7 Å². The second kappa shape index (κ2) is 9.12. The van der Waals surface area contributed by atoms with Gasteiger partial charge in [0, 0.05) is 23.7 Å². The highest BCUT2D eigenvalue weighted by atomic mass is 16.6. The van der Waals surface area contributed by atoms with Gasteiger partial charge in [0.2, 0.25) is 6.10 Å². The first-order valence-corrected chi connectivity index (χ1v) is 9.35. The van der Waals surface area contributed by atoms with Crippen LogP contribution in [0.1, 0.15) is 54.1 Å². The number of non-ortho nitro benzene ring substituents is 1. The molecule has 7 nitrogen and oxygen atoms in total. The van der Waals surface area contributed by atoms with Crippen LogP contribution < -0.4 is 5.32 Å². The van der Waals surface area contributed by atoms with Crippen LogP contribution in [0.4, 0.5) is 5.69 Å². The van der Waals surface area contributed by atoms with E-state index in [4.69, 9.17) is 4.74 Å². The molecule has 0 bridgehead atoms. The van der Waals surface area contributed by atoms with E-state index >= 15 is 0 Å². The van der Waals surface area contributed by atoms with Crippen LogP contribution in [-0.2, 0) is 9.53 Å². The van der Waals surface area contributed by atoms with Gasteiger partial charge in [-0.3, -0.25) is 14.9 Å². The summed E-state index contributed by atoms with van der Waals surface area (Å²) in [5.74, 6) is -1.03. The lowest BCUT2D eigenvalue weighted by molar-refractivity contribution is -0.384. The average Bonchev–Trinajstić information content (AvgIpc) is 2.73. The van der Waals surface area contributed by atoms with E-state index in [1.54, 1.807) is 30.3 Å². The predicted molar refractivity (Wildman–Crippen MR) is 103 cm³/mol. The average molecular weight is 382 g/mol. The van der Waals surface area contributed by atoms with Gasteiger partial charge in [0.15, 0.2) is 0 Å². The highest BCUT2D eigenvalue weighted by molar-refractivity contribution is 5.92. The number of rotatable bonds is 6. The van der Waals surface area contributed by atoms with Crippen LogP contribution in [-0.4, -0.2) is 22.8 Å². The zero-order valence-corrected chi connectivity index (χ0v) is 15.4. The summed E-state index contributed by atoms with van der Waals surface area (Å²) in [6, 6.07) is 13.9. The lowest BCUT2D eigenvalue weighted by Gasteiger charge is -2.25. The maximum absolute atomic E-state index is 12.9. The Bertz CT molecular complexity index is 830. The van der Waals surface area contributed by atoms with E-state index in [2.05, 4.69) is 5.32 Å². The molecule has 0 saturated heterocycles. The molecule has 1 fully saturated rings. The van der Waals surface area contributed by atoms with Crippen molar-refractivity contribution in [2.24, 2.45) is 0 Å². The van der Waals surface area contributed by atoms with E-state index in [1.807, 2.05) is 0 Å². The molecule has 28 heavy (non-hydrogen) atoms. The van der Waals surface area contributed by atoms with Crippen LogP contribution in [0.3, 0.4) is 0 Å². The number of esters is 1. The quantitative estimate of drug-likeness (QED) is 0.463. The van der Waals surface area contributed by atoms with E-state index in [-0.39, 0.29) is 11.7 Å². The van der Waals surface area contributed by atoms with Crippen molar-refractivity contribution in [2.75, 3.05) is 0 Å². The third-order valence-corrected chi connectivity index (χ3v) is 4.83. The summed E-state index contributed by atoms with van der Waals surface area (Å²) in [7, 11) is 0. The van der Waals surface area contributed by atoms with Crippen molar-refractivity contribution in [1.29, 1.82) is 0 Å². The van der Waals surface area contributed by atoms with Crippen molar-refractivity contribution in [3.05, 3.63) is 75.8 Å². The highest BCUT2D eigenvalue weighted by Crippen LogP contribution is 2.24. The summed E-state index contributed by atoms with van der Waals surface area (Å²) in [4.78, 5) is 35.7. The Morgan fingerprint density at radius 3 is 2.25 bits per heavy atom. The van der Waals surface area contributed by atoms with Crippen molar-refractivity contribution in [3.63, 3.8) is 0 Å². The Labute approximate surface area is 162 Å². The molecule has 7 heteroatoms. The van der Waals surface area contributed by atoms with Crippen LogP contribution in [0, 0.1) is 10.1 Å². The minimum Gasteiger partial charge on any atom is -0.444 e. The fourth-order valence-corrected chi connectivity index (χ4v) is 3.32. The zero-order chi connectivity index (χ0) is 19.9. The maximum atomic E-state index is 12.9. The van der Waals surface area contributed by atoms with E-state index in [1.165, 1.54) is 24.3 Å². The number of carbonyl (C=O) groups excluding carboxylic acids is 2. The first kappa shape index (κ1) is 19.5. The molecule has 1 N–H and O–H groups in total.